The van der Waals surface area contributed by atoms with Gasteiger partial charge in [0.1, 0.15) is 5.82 Å². The monoisotopic (exact) mass is 283 g/mol. The average Bonchev–Trinajstić information content (AvgIpc) is 2.81. The standard InChI is InChI=1S/C13H14FNO3S/c1-10-7-12(14)3-4-13(10)19(16,17)15(2)8-11-5-6-18-9-11/h3-7,9H,8H2,1-2H3. The maximum Gasteiger partial charge on any atom is 0.243 e. The molecule has 2 aromatic rings. The van der Waals surface area contributed by atoms with Gasteiger partial charge in [0, 0.05) is 19.2 Å². The summed E-state index contributed by atoms with van der Waals surface area (Å²) >= 11 is 0. The van der Waals surface area contributed by atoms with E-state index in [0.29, 0.717) is 5.56 Å². The number of halogens is 1. The fourth-order valence-electron chi connectivity index (χ4n) is 1.79. The van der Waals surface area contributed by atoms with Crippen LogP contribution in [-0.4, -0.2) is 19.8 Å². The van der Waals surface area contributed by atoms with Gasteiger partial charge in [-0.3, -0.25) is 0 Å². The van der Waals surface area contributed by atoms with E-state index in [0.717, 1.165) is 11.6 Å². The van der Waals surface area contributed by atoms with E-state index in [4.69, 9.17) is 4.42 Å². The molecule has 19 heavy (non-hydrogen) atoms. The molecular formula is C13H14FNO3S. The van der Waals surface area contributed by atoms with E-state index in [1.54, 1.807) is 13.0 Å². The van der Waals surface area contributed by atoms with Crippen molar-refractivity contribution < 1.29 is 17.2 Å². The molecule has 0 radical (unpaired) electrons. The summed E-state index contributed by atoms with van der Waals surface area (Å²) in [5.74, 6) is -0.450. The molecule has 1 heterocycles. The fraction of sp³-hybridized carbons (Fsp3) is 0.231. The molecule has 4 nitrogen and oxygen atoms in total. The lowest BCUT2D eigenvalue weighted by Gasteiger charge is -2.17. The average molecular weight is 283 g/mol. The van der Waals surface area contributed by atoms with Gasteiger partial charge in [-0.1, -0.05) is 0 Å². The Morgan fingerprint density at radius 3 is 2.63 bits per heavy atom. The first-order valence-electron chi connectivity index (χ1n) is 5.65. The Morgan fingerprint density at radius 1 is 1.32 bits per heavy atom. The third kappa shape index (κ3) is 2.85. The summed E-state index contributed by atoms with van der Waals surface area (Å²) in [5.41, 5.74) is 1.14. The molecule has 0 aliphatic carbocycles. The Kier molecular flexibility index (Phi) is 3.73. The van der Waals surface area contributed by atoms with E-state index < -0.39 is 15.8 Å². The molecule has 0 aliphatic rings. The van der Waals surface area contributed by atoms with Gasteiger partial charge in [-0.25, -0.2) is 12.8 Å². The molecule has 2 rings (SSSR count). The van der Waals surface area contributed by atoms with Crippen LogP contribution in [0, 0.1) is 12.7 Å². The molecule has 6 heteroatoms. The van der Waals surface area contributed by atoms with E-state index >= 15 is 0 Å². The van der Waals surface area contributed by atoms with Crippen LogP contribution in [0.3, 0.4) is 0 Å². The van der Waals surface area contributed by atoms with E-state index in [2.05, 4.69) is 0 Å². The van der Waals surface area contributed by atoms with Crippen LogP contribution in [0.5, 0.6) is 0 Å². The van der Waals surface area contributed by atoms with Crippen LogP contribution in [0.25, 0.3) is 0 Å². The van der Waals surface area contributed by atoms with E-state index in [9.17, 15) is 12.8 Å². The van der Waals surface area contributed by atoms with Crippen LogP contribution in [0.15, 0.2) is 46.1 Å². The van der Waals surface area contributed by atoms with Gasteiger partial charge in [0.25, 0.3) is 0 Å². The summed E-state index contributed by atoms with van der Waals surface area (Å²) in [4.78, 5) is 0.111. The van der Waals surface area contributed by atoms with Crippen LogP contribution in [0.4, 0.5) is 4.39 Å². The van der Waals surface area contributed by atoms with Crippen molar-refractivity contribution in [2.75, 3.05) is 7.05 Å². The molecule has 1 aromatic carbocycles. The van der Waals surface area contributed by atoms with Crippen molar-refractivity contribution in [3.63, 3.8) is 0 Å². The van der Waals surface area contributed by atoms with Crippen LogP contribution in [-0.2, 0) is 16.6 Å². The number of sulfonamides is 1. The lowest BCUT2D eigenvalue weighted by atomic mass is 10.2. The zero-order chi connectivity index (χ0) is 14.0. The van der Waals surface area contributed by atoms with Crippen molar-refractivity contribution in [1.82, 2.24) is 4.31 Å². The van der Waals surface area contributed by atoms with Gasteiger partial charge in [-0.05, 0) is 36.8 Å². The quantitative estimate of drug-likeness (QED) is 0.866. The number of furan rings is 1. The van der Waals surface area contributed by atoms with Gasteiger partial charge in [0.2, 0.25) is 10.0 Å². The zero-order valence-electron chi connectivity index (χ0n) is 10.6. The Labute approximate surface area is 111 Å². The Balaban J connectivity index is 2.31. The Morgan fingerprint density at radius 2 is 2.05 bits per heavy atom. The molecule has 0 spiro atoms. The van der Waals surface area contributed by atoms with Gasteiger partial charge in [0.15, 0.2) is 0 Å². The molecule has 0 saturated carbocycles. The van der Waals surface area contributed by atoms with Crippen LogP contribution in [0.1, 0.15) is 11.1 Å². The summed E-state index contributed by atoms with van der Waals surface area (Å²) < 4.78 is 43.9. The molecular weight excluding hydrogens is 269 g/mol. The number of hydrogen-bond donors (Lipinski definition) is 0. The van der Waals surface area contributed by atoms with Gasteiger partial charge in [-0.15, -0.1) is 0 Å². The first-order valence-corrected chi connectivity index (χ1v) is 7.09. The van der Waals surface area contributed by atoms with Gasteiger partial charge in [-0.2, -0.15) is 4.31 Å². The van der Waals surface area contributed by atoms with E-state index in [-0.39, 0.29) is 11.4 Å². The third-order valence-corrected chi connectivity index (χ3v) is 4.77. The molecule has 0 fully saturated rings. The van der Waals surface area contributed by atoms with Gasteiger partial charge >= 0.3 is 0 Å². The molecule has 1 aromatic heterocycles. The van der Waals surface area contributed by atoms with Crippen LogP contribution >= 0.6 is 0 Å². The van der Waals surface area contributed by atoms with Crippen molar-refractivity contribution in [1.29, 1.82) is 0 Å². The Bertz CT molecular complexity index is 665. The molecule has 102 valence electrons. The highest BCUT2D eigenvalue weighted by atomic mass is 32.2. The maximum absolute atomic E-state index is 13.0. The van der Waals surface area contributed by atoms with Crippen molar-refractivity contribution >= 4 is 10.0 Å². The second-order valence-electron chi connectivity index (χ2n) is 4.30. The minimum Gasteiger partial charge on any atom is -0.472 e. The second kappa shape index (κ2) is 5.14. The molecule has 0 amide bonds. The number of nitrogens with zero attached hydrogens (tertiary/aromatic N) is 1. The lowest BCUT2D eigenvalue weighted by Crippen LogP contribution is -2.27. The summed E-state index contributed by atoms with van der Waals surface area (Å²) in [5, 5.41) is 0. The first kappa shape index (κ1) is 13.8. The van der Waals surface area contributed by atoms with Crippen LogP contribution < -0.4 is 0 Å². The number of rotatable bonds is 4. The molecule has 0 bridgehead atoms. The smallest absolute Gasteiger partial charge is 0.243 e. The van der Waals surface area contributed by atoms with Crippen LogP contribution in [0.2, 0.25) is 0 Å². The number of benzene rings is 1. The first-order chi connectivity index (χ1) is 8.91. The number of aryl methyl sites for hydroxylation is 1. The van der Waals surface area contributed by atoms with E-state index in [1.807, 2.05) is 0 Å². The lowest BCUT2D eigenvalue weighted by molar-refractivity contribution is 0.462. The van der Waals surface area contributed by atoms with E-state index in [1.165, 1.54) is 36.0 Å². The molecule has 0 atom stereocenters. The highest BCUT2D eigenvalue weighted by Gasteiger charge is 2.23. The SMILES string of the molecule is Cc1cc(F)ccc1S(=O)(=O)N(C)Cc1ccoc1. The molecule has 0 saturated heterocycles. The summed E-state index contributed by atoms with van der Waals surface area (Å²) in [6.07, 6.45) is 2.97. The van der Waals surface area contributed by atoms with Gasteiger partial charge < -0.3 is 4.42 Å². The molecule has 0 unspecified atom stereocenters. The zero-order valence-corrected chi connectivity index (χ0v) is 11.4. The van der Waals surface area contributed by atoms with Crippen molar-refractivity contribution in [3.8, 4) is 0 Å². The van der Waals surface area contributed by atoms with Crippen molar-refractivity contribution in [3.05, 3.63) is 53.7 Å². The highest BCUT2D eigenvalue weighted by Crippen LogP contribution is 2.21. The minimum absolute atomic E-state index is 0.111. The summed E-state index contributed by atoms with van der Waals surface area (Å²) in [6.45, 7) is 1.78. The summed E-state index contributed by atoms with van der Waals surface area (Å²) in [6, 6.07) is 5.33. The van der Waals surface area contributed by atoms with Crippen molar-refractivity contribution in [2.45, 2.75) is 18.4 Å². The largest absolute Gasteiger partial charge is 0.472 e. The normalized spacial score (nSPS) is 12.0. The topological polar surface area (TPSA) is 50.5 Å². The minimum atomic E-state index is -3.64. The highest BCUT2D eigenvalue weighted by molar-refractivity contribution is 7.89. The maximum atomic E-state index is 13.0. The third-order valence-electron chi connectivity index (χ3n) is 2.81. The number of hydrogen-bond acceptors (Lipinski definition) is 3. The van der Waals surface area contributed by atoms with Gasteiger partial charge in [0.05, 0.1) is 17.4 Å². The molecule has 0 N–H and O–H groups in total. The fourth-order valence-corrected chi connectivity index (χ4v) is 3.16. The second-order valence-corrected chi connectivity index (χ2v) is 6.32. The Hall–Kier alpha value is -1.66. The molecule has 0 aliphatic heterocycles. The predicted octanol–water partition coefficient (Wildman–Crippen LogP) is 2.55. The van der Waals surface area contributed by atoms with Crippen molar-refractivity contribution in [2.24, 2.45) is 0 Å². The predicted molar refractivity (Wildman–Crippen MR) is 68.5 cm³/mol. The summed E-state index contributed by atoms with van der Waals surface area (Å²) in [7, 11) is -2.16.